The van der Waals surface area contributed by atoms with Crippen LogP contribution in [0.2, 0.25) is 0 Å². The van der Waals surface area contributed by atoms with Crippen molar-refractivity contribution in [3.05, 3.63) is 33.2 Å². The van der Waals surface area contributed by atoms with Crippen molar-refractivity contribution < 1.29 is 0 Å². The van der Waals surface area contributed by atoms with Crippen LogP contribution < -0.4 is 5.56 Å². The summed E-state index contributed by atoms with van der Waals surface area (Å²) < 4.78 is 1.71. The van der Waals surface area contributed by atoms with Gasteiger partial charge in [-0.05, 0) is 31.9 Å². The number of nitriles is 1. The Kier molecular flexibility index (Phi) is 3.68. The molecule has 15 heavy (non-hydrogen) atoms. The van der Waals surface area contributed by atoms with Crippen LogP contribution in [-0.4, -0.2) is 4.57 Å². The number of aryl methyl sites for hydroxylation is 1. The van der Waals surface area contributed by atoms with Crippen molar-refractivity contribution in [1.82, 2.24) is 4.57 Å². The number of hydrogen-bond acceptors (Lipinski definition) is 2. The Balaban J connectivity index is 3.29. The van der Waals surface area contributed by atoms with E-state index < -0.39 is 0 Å². The SMILES string of the molecule is CCCCn1c(C)c(C)cc(C#N)c1=O. The van der Waals surface area contributed by atoms with E-state index in [4.69, 9.17) is 5.26 Å². The molecule has 0 amide bonds. The molecular weight excluding hydrogens is 188 g/mol. The van der Waals surface area contributed by atoms with Crippen molar-refractivity contribution in [2.24, 2.45) is 0 Å². The molecule has 0 aliphatic rings. The van der Waals surface area contributed by atoms with Gasteiger partial charge in [-0.15, -0.1) is 0 Å². The Morgan fingerprint density at radius 2 is 2.13 bits per heavy atom. The van der Waals surface area contributed by atoms with Crippen LogP contribution in [0.3, 0.4) is 0 Å². The number of pyridine rings is 1. The zero-order valence-electron chi connectivity index (χ0n) is 9.50. The predicted octanol–water partition coefficient (Wildman–Crippen LogP) is 2.14. The summed E-state index contributed by atoms with van der Waals surface area (Å²) in [7, 11) is 0. The van der Waals surface area contributed by atoms with Crippen molar-refractivity contribution >= 4 is 0 Å². The third-order valence-corrected chi connectivity index (χ3v) is 2.67. The number of nitrogens with zero attached hydrogens (tertiary/aromatic N) is 2. The predicted molar refractivity (Wildman–Crippen MR) is 59.8 cm³/mol. The Bertz CT molecular complexity index is 452. The number of hydrogen-bond donors (Lipinski definition) is 0. The summed E-state index contributed by atoms with van der Waals surface area (Å²) in [5.41, 5.74) is 2.05. The molecule has 0 bridgehead atoms. The van der Waals surface area contributed by atoms with E-state index in [2.05, 4.69) is 6.92 Å². The summed E-state index contributed by atoms with van der Waals surface area (Å²) in [5.74, 6) is 0. The largest absolute Gasteiger partial charge is 0.312 e. The molecule has 0 unspecified atom stereocenters. The quantitative estimate of drug-likeness (QED) is 0.757. The molecule has 0 aliphatic carbocycles. The highest BCUT2D eigenvalue weighted by Gasteiger charge is 2.08. The Labute approximate surface area is 90.0 Å². The van der Waals surface area contributed by atoms with Crippen LogP contribution in [0.15, 0.2) is 10.9 Å². The molecule has 1 aromatic rings. The van der Waals surface area contributed by atoms with E-state index in [1.54, 1.807) is 10.6 Å². The lowest BCUT2D eigenvalue weighted by molar-refractivity contribution is 0.595. The van der Waals surface area contributed by atoms with Crippen molar-refractivity contribution in [3.8, 4) is 6.07 Å². The maximum absolute atomic E-state index is 11.8. The molecule has 1 aromatic heterocycles. The molecule has 1 heterocycles. The molecule has 0 spiro atoms. The van der Waals surface area contributed by atoms with Gasteiger partial charge in [-0.3, -0.25) is 4.79 Å². The second-order valence-electron chi connectivity index (χ2n) is 3.75. The molecule has 0 aromatic carbocycles. The zero-order chi connectivity index (χ0) is 11.4. The first kappa shape index (κ1) is 11.5. The molecule has 80 valence electrons. The van der Waals surface area contributed by atoms with E-state index in [-0.39, 0.29) is 11.1 Å². The second-order valence-corrected chi connectivity index (χ2v) is 3.75. The van der Waals surface area contributed by atoms with Crippen molar-refractivity contribution in [2.45, 2.75) is 40.2 Å². The van der Waals surface area contributed by atoms with Gasteiger partial charge in [0.25, 0.3) is 5.56 Å². The third-order valence-electron chi connectivity index (χ3n) is 2.67. The van der Waals surface area contributed by atoms with Gasteiger partial charge in [0.15, 0.2) is 0 Å². The summed E-state index contributed by atoms with van der Waals surface area (Å²) in [6.07, 6.45) is 2.01. The van der Waals surface area contributed by atoms with E-state index in [0.29, 0.717) is 6.54 Å². The smallest absolute Gasteiger partial charge is 0.268 e. The minimum Gasteiger partial charge on any atom is -0.312 e. The Hall–Kier alpha value is -1.56. The summed E-state index contributed by atoms with van der Waals surface area (Å²) in [5, 5.41) is 8.82. The minimum atomic E-state index is -0.158. The second kappa shape index (κ2) is 4.79. The standard InChI is InChI=1S/C12H16N2O/c1-4-5-6-14-10(3)9(2)7-11(8-13)12(14)15/h7H,4-6H2,1-3H3. The monoisotopic (exact) mass is 204 g/mol. The van der Waals surface area contributed by atoms with Crippen molar-refractivity contribution in [3.63, 3.8) is 0 Å². The van der Waals surface area contributed by atoms with Gasteiger partial charge in [-0.1, -0.05) is 13.3 Å². The van der Waals surface area contributed by atoms with Gasteiger partial charge < -0.3 is 4.57 Å². The number of rotatable bonds is 3. The summed E-state index contributed by atoms with van der Waals surface area (Å²) >= 11 is 0. The number of aromatic nitrogens is 1. The van der Waals surface area contributed by atoms with Gasteiger partial charge >= 0.3 is 0 Å². The lowest BCUT2D eigenvalue weighted by Crippen LogP contribution is -2.25. The fourth-order valence-electron chi connectivity index (χ4n) is 1.56. The maximum atomic E-state index is 11.8. The van der Waals surface area contributed by atoms with Gasteiger partial charge in [-0.2, -0.15) is 5.26 Å². The van der Waals surface area contributed by atoms with Crippen LogP contribution >= 0.6 is 0 Å². The Morgan fingerprint density at radius 3 is 2.67 bits per heavy atom. The van der Waals surface area contributed by atoms with Crippen LogP contribution in [0.1, 0.15) is 36.6 Å². The topological polar surface area (TPSA) is 45.8 Å². The molecule has 0 N–H and O–H groups in total. The molecule has 1 rings (SSSR count). The molecule has 0 atom stereocenters. The first-order valence-electron chi connectivity index (χ1n) is 5.23. The number of unbranched alkanes of at least 4 members (excludes halogenated alkanes) is 1. The van der Waals surface area contributed by atoms with E-state index in [9.17, 15) is 4.79 Å². The summed E-state index contributed by atoms with van der Waals surface area (Å²) in [6, 6.07) is 3.61. The van der Waals surface area contributed by atoms with Crippen LogP contribution in [0.4, 0.5) is 0 Å². The zero-order valence-corrected chi connectivity index (χ0v) is 9.50. The van der Waals surface area contributed by atoms with Crippen molar-refractivity contribution in [1.29, 1.82) is 5.26 Å². The van der Waals surface area contributed by atoms with Crippen LogP contribution in [-0.2, 0) is 6.54 Å². The molecule has 3 nitrogen and oxygen atoms in total. The molecule has 0 aliphatic heterocycles. The van der Waals surface area contributed by atoms with E-state index in [0.717, 1.165) is 24.1 Å². The lowest BCUT2D eigenvalue weighted by atomic mass is 10.1. The van der Waals surface area contributed by atoms with Crippen LogP contribution in [0.25, 0.3) is 0 Å². The summed E-state index contributed by atoms with van der Waals surface area (Å²) in [4.78, 5) is 11.8. The average molecular weight is 204 g/mol. The fourth-order valence-corrected chi connectivity index (χ4v) is 1.56. The van der Waals surface area contributed by atoms with Gasteiger partial charge in [0, 0.05) is 12.2 Å². The fraction of sp³-hybridized carbons (Fsp3) is 0.500. The van der Waals surface area contributed by atoms with E-state index in [1.807, 2.05) is 19.9 Å². The van der Waals surface area contributed by atoms with E-state index >= 15 is 0 Å². The average Bonchev–Trinajstić information content (AvgIpc) is 2.23. The van der Waals surface area contributed by atoms with Crippen molar-refractivity contribution in [2.75, 3.05) is 0 Å². The molecule has 0 saturated heterocycles. The normalized spacial score (nSPS) is 10.0. The van der Waals surface area contributed by atoms with Gasteiger partial charge in [0.2, 0.25) is 0 Å². The van der Waals surface area contributed by atoms with E-state index in [1.165, 1.54) is 0 Å². The first-order valence-corrected chi connectivity index (χ1v) is 5.23. The summed E-state index contributed by atoms with van der Waals surface area (Å²) in [6.45, 7) is 6.64. The molecule has 3 heteroatoms. The maximum Gasteiger partial charge on any atom is 0.268 e. The van der Waals surface area contributed by atoms with Gasteiger partial charge in [0.05, 0.1) is 0 Å². The Morgan fingerprint density at radius 1 is 1.47 bits per heavy atom. The minimum absolute atomic E-state index is 0.158. The highest BCUT2D eigenvalue weighted by Crippen LogP contribution is 2.07. The molecular formula is C12H16N2O. The first-order chi connectivity index (χ1) is 7.11. The third kappa shape index (κ3) is 2.27. The molecule has 0 radical (unpaired) electrons. The molecule has 0 saturated carbocycles. The molecule has 0 fully saturated rings. The van der Waals surface area contributed by atoms with Crippen LogP contribution in [0.5, 0.6) is 0 Å². The van der Waals surface area contributed by atoms with Gasteiger partial charge in [-0.25, -0.2) is 0 Å². The highest BCUT2D eigenvalue weighted by atomic mass is 16.1. The van der Waals surface area contributed by atoms with Gasteiger partial charge in [0.1, 0.15) is 11.6 Å². The highest BCUT2D eigenvalue weighted by molar-refractivity contribution is 5.32. The lowest BCUT2D eigenvalue weighted by Gasteiger charge is -2.11. The van der Waals surface area contributed by atoms with Crippen LogP contribution in [0, 0.1) is 25.2 Å².